The van der Waals surface area contributed by atoms with Gasteiger partial charge >= 0.3 is 0 Å². The van der Waals surface area contributed by atoms with Gasteiger partial charge in [-0.25, -0.2) is 13.9 Å². The van der Waals surface area contributed by atoms with Crippen LogP contribution in [0.3, 0.4) is 0 Å². The van der Waals surface area contributed by atoms with Gasteiger partial charge in [-0.3, -0.25) is 4.79 Å². The van der Waals surface area contributed by atoms with E-state index in [1.807, 2.05) is 28.2 Å². The van der Waals surface area contributed by atoms with Crippen molar-refractivity contribution in [3.8, 4) is 0 Å². The number of aromatic nitrogens is 2. The second kappa shape index (κ2) is 7.16. The third-order valence-electron chi connectivity index (χ3n) is 3.51. The zero-order valence-corrected chi connectivity index (χ0v) is 14.2. The minimum Gasteiger partial charge on any atom is -0.360 e. The molecule has 1 aromatic carbocycles. The van der Waals surface area contributed by atoms with Gasteiger partial charge < -0.3 is 10.1 Å². The number of nitrogens with one attached hydrogen (secondary N) is 1. The van der Waals surface area contributed by atoms with Crippen molar-refractivity contribution < 1.29 is 9.53 Å². The van der Waals surface area contributed by atoms with E-state index in [0.29, 0.717) is 18.9 Å². The molecule has 3 rings (SSSR count). The van der Waals surface area contributed by atoms with Gasteiger partial charge in [-0.05, 0) is 23.8 Å². The lowest BCUT2D eigenvalue weighted by atomic mass is 10.1. The smallest absolute Gasteiger partial charge is 0.221 e. The molecule has 0 spiro atoms. The van der Waals surface area contributed by atoms with Gasteiger partial charge in [0.05, 0.1) is 6.10 Å². The predicted octanol–water partition coefficient (Wildman–Crippen LogP) is 2.86. The number of hydrogen-bond donors (Lipinski definition) is 1. The largest absolute Gasteiger partial charge is 0.360 e. The molecule has 0 aliphatic carbocycles. The average molecular weight is 377 g/mol. The average Bonchev–Trinajstić information content (AvgIpc) is 2.55. The number of anilines is 1. The molecule has 2 unspecified atom stereocenters. The van der Waals surface area contributed by atoms with E-state index in [9.17, 15) is 4.79 Å². The van der Waals surface area contributed by atoms with E-state index in [2.05, 4.69) is 31.4 Å². The lowest BCUT2D eigenvalue weighted by Gasteiger charge is -2.34. The number of nitrogens with zero attached hydrogens (tertiary/aromatic N) is 3. The molecule has 2 aromatic rings. The Morgan fingerprint density at radius 2 is 2.00 bits per heavy atom. The van der Waals surface area contributed by atoms with Gasteiger partial charge in [-0.2, -0.15) is 0 Å². The van der Waals surface area contributed by atoms with Crippen molar-refractivity contribution in [2.45, 2.75) is 19.1 Å². The number of hydrogen-bond acceptors (Lipinski definition) is 5. The van der Waals surface area contributed by atoms with Crippen LogP contribution in [-0.2, 0) is 9.53 Å². The van der Waals surface area contributed by atoms with Crippen LogP contribution in [0, 0.1) is 0 Å². The van der Waals surface area contributed by atoms with Gasteiger partial charge in [0.1, 0.15) is 6.10 Å². The van der Waals surface area contributed by atoms with E-state index in [4.69, 9.17) is 4.74 Å². The van der Waals surface area contributed by atoms with E-state index in [1.54, 1.807) is 18.5 Å². The first kappa shape index (κ1) is 16.0. The van der Waals surface area contributed by atoms with Crippen molar-refractivity contribution in [1.29, 1.82) is 0 Å². The van der Waals surface area contributed by atoms with Crippen molar-refractivity contribution in [1.82, 2.24) is 13.9 Å². The number of carbonyl (C=O) groups is 1. The summed E-state index contributed by atoms with van der Waals surface area (Å²) in [6, 6.07) is 9.47. The highest BCUT2D eigenvalue weighted by atomic mass is 79.9. The summed E-state index contributed by atoms with van der Waals surface area (Å²) in [5, 5.41) is 2.79. The summed E-state index contributed by atoms with van der Waals surface area (Å²) in [6.45, 7) is 2.87. The first-order chi connectivity index (χ1) is 11.1. The molecule has 23 heavy (non-hydrogen) atoms. The van der Waals surface area contributed by atoms with E-state index in [1.165, 1.54) is 6.92 Å². The number of morpholine rings is 1. The fraction of sp³-hybridized carbons (Fsp3) is 0.312. The minimum atomic E-state index is -0.209. The first-order valence-corrected chi connectivity index (χ1v) is 8.03. The van der Waals surface area contributed by atoms with Crippen molar-refractivity contribution in [2.24, 2.45) is 0 Å². The molecule has 1 aliphatic heterocycles. The Morgan fingerprint density at radius 1 is 1.26 bits per heavy atom. The quantitative estimate of drug-likeness (QED) is 0.834. The van der Waals surface area contributed by atoms with E-state index in [-0.39, 0.29) is 18.1 Å². The Morgan fingerprint density at radius 3 is 2.74 bits per heavy atom. The maximum atomic E-state index is 11.2. The van der Waals surface area contributed by atoms with E-state index in [0.717, 1.165) is 11.3 Å². The Bertz CT molecular complexity index is 683. The van der Waals surface area contributed by atoms with E-state index >= 15 is 0 Å². The monoisotopic (exact) mass is 376 g/mol. The third-order valence-corrected chi connectivity index (χ3v) is 4.09. The van der Waals surface area contributed by atoms with Gasteiger partial charge in [-0.1, -0.05) is 12.1 Å². The number of amides is 1. The number of ether oxygens (including phenoxy) is 1. The summed E-state index contributed by atoms with van der Waals surface area (Å²) in [7, 11) is 0. The van der Waals surface area contributed by atoms with Crippen LogP contribution in [0.1, 0.15) is 30.5 Å². The second-order valence-corrected chi connectivity index (χ2v) is 6.36. The molecular formula is C16H17BrN4O2. The molecule has 2 heterocycles. The van der Waals surface area contributed by atoms with Crippen LogP contribution in [0.4, 0.5) is 5.69 Å². The molecule has 0 radical (unpaired) electrons. The first-order valence-electron chi connectivity index (χ1n) is 7.32. The Kier molecular flexibility index (Phi) is 5.00. The molecule has 0 saturated carbocycles. The Balaban J connectivity index is 1.80. The van der Waals surface area contributed by atoms with Crippen LogP contribution in [0.2, 0.25) is 0 Å². The van der Waals surface area contributed by atoms with Gasteiger partial charge in [0, 0.05) is 54.2 Å². The summed E-state index contributed by atoms with van der Waals surface area (Å²) in [6.07, 6.45) is 3.08. The van der Waals surface area contributed by atoms with Crippen molar-refractivity contribution in [3.05, 3.63) is 54.1 Å². The van der Waals surface area contributed by atoms with Crippen molar-refractivity contribution in [2.75, 3.05) is 18.4 Å². The maximum Gasteiger partial charge on any atom is 0.221 e. The summed E-state index contributed by atoms with van der Waals surface area (Å²) >= 11 is 3.55. The molecule has 2 atom stereocenters. The fourth-order valence-corrected chi connectivity index (χ4v) is 3.07. The number of halogens is 1. The molecule has 1 fully saturated rings. The molecule has 1 aliphatic rings. The maximum absolute atomic E-state index is 11.2. The van der Waals surface area contributed by atoms with Crippen LogP contribution >= 0.6 is 16.1 Å². The van der Waals surface area contributed by atoms with Crippen LogP contribution in [-0.4, -0.2) is 32.9 Å². The van der Waals surface area contributed by atoms with Crippen LogP contribution in [0.25, 0.3) is 0 Å². The molecule has 1 saturated heterocycles. The zero-order valence-electron chi connectivity index (χ0n) is 12.6. The lowest BCUT2D eigenvalue weighted by Crippen LogP contribution is -2.35. The van der Waals surface area contributed by atoms with Gasteiger partial charge in [0.15, 0.2) is 5.82 Å². The van der Waals surface area contributed by atoms with Crippen LogP contribution in [0.5, 0.6) is 0 Å². The topological polar surface area (TPSA) is 67.4 Å². The normalized spacial score (nSPS) is 21.8. The minimum absolute atomic E-state index is 0.0932. The van der Waals surface area contributed by atoms with E-state index < -0.39 is 0 Å². The summed E-state index contributed by atoms with van der Waals surface area (Å²) < 4.78 is 8.20. The number of carbonyl (C=O) groups excluding carboxylic acids is 1. The summed E-state index contributed by atoms with van der Waals surface area (Å²) in [5.74, 6) is 0.573. The molecule has 1 N–H and O–H groups in total. The molecule has 6 nitrogen and oxygen atoms in total. The van der Waals surface area contributed by atoms with Gasteiger partial charge in [0.2, 0.25) is 5.91 Å². The molecule has 1 amide bonds. The lowest BCUT2D eigenvalue weighted by molar-refractivity contribution is -0.114. The van der Waals surface area contributed by atoms with Crippen molar-refractivity contribution >= 4 is 27.7 Å². The molecular weight excluding hydrogens is 360 g/mol. The number of benzene rings is 1. The SMILES string of the molecule is CC(=O)Nc1cccc(C2CN(Br)CC(c3ncccn3)O2)c1. The summed E-state index contributed by atoms with van der Waals surface area (Å²) in [4.78, 5) is 19.8. The Labute approximate surface area is 143 Å². The van der Waals surface area contributed by atoms with Crippen LogP contribution < -0.4 is 5.32 Å². The Hall–Kier alpha value is -1.83. The third kappa shape index (κ3) is 4.13. The number of rotatable bonds is 3. The van der Waals surface area contributed by atoms with Crippen LogP contribution in [0.15, 0.2) is 42.7 Å². The van der Waals surface area contributed by atoms with Crippen molar-refractivity contribution in [3.63, 3.8) is 0 Å². The fourth-order valence-electron chi connectivity index (χ4n) is 2.54. The molecule has 0 bridgehead atoms. The molecule has 7 heteroatoms. The highest BCUT2D eigenvalue weighted by molar-refractivity contribution is 9.07. The second-order valence-electron chi connectivity index (χ2n) is 5.35. The highest BCUT2D eigenvalue weighted by Crippen LogP contribution is 2.33. The standard InChI is InChI=1S/C16H17BrN4O2/c1-11(22)20-13-5-2-4-12(8-13)14-9-21(17)10-15(23-14)16-18-6-3-7-19-16/h2-8,14-15H,9-10H2,1H3,(H,20,22). The zero-order chi connectivity index (χ0) is 16.2. The van der Waals surface area contributed by atoms with Gasteiger partial charge in [0.25, 0.3) is 0 Å². The molecule has 1 aromatic heterocycles. The summed E-state index contributed by atoms with van der Waals surface area (Å²) in [5.41, 5.74) is 1.76. The highest BCUT2D eigenvalue weighted by Gasteiger charge is 2.30. The van der Waals surface area contributed by atoms with Gasteiger partial charge in [-0.15, -0.1) is 0 Å². The predicted molar refractivity (Wildman–Crippen MR) is 89.8 cm³/mol. The molecule has 120 valence electrons.